The van der Waals surface area contributed by atoms with Gasteiger partial charge in [0.15, 0.2) is 0 Å². The summed E-state index contributed by atoms with van der Waals surface area (Å²) in [5.74, 6) is -0.448. The number of rotatable bonds is 4. The Labute approximate surface area is 211 Å². The third-order valence-corrected chi connectivity index (χ3v) is 7.80. The molecule has 3 aliphatic heterocycles. The summed E-state index contributed by atoms with van der Waals surface area (Å²) in [6.45, 7) is 14.8. The van der Waals surface area contributed by atoms with E-state index in [2.05, 4.69) is 27.1 Å². The van der Waals surface area contributed by atoms with Crippen LogP contribution in [-0.2, 0) is 9.59 Å². The van der Waals surface area contributed by atoms with Crippen molar-refractivity contribution in [2.45, 2.75) is 76.7 Å². The molecule has 4 heterocycles. The van der Waals surface area contributed by atoms with Gasteiger partial charge in [0, 0.05) is 37.3 Å². The fraction of sp³-hybridized carbons (Fsp3) is 0.600. The summed E-state index contributed by atoms with van der Waals surface area (Å²) in [5.41, 5.74) is 2.44. The van der Waals surface area contributed by atoms with Gasteiger partial charge in [-0.1, -0.05) is 20.4 Å². The van der Waals surface area contributed by atoms with Crippen molar-refractivity contribution in [3.05, 3.63) is 36.2 Å². The number of urea groups is 1. The normalized spacial score (nSPS) is 31.6. The second kappa shape index (κ2) is 9.78. The van der Waals surface area contributed by atoms with Crippen LogP contribution in [0.25, 0.3) is 0 Å². The number of hydrogen-bond acceptors (Lipinski definition) is 5. The number of piperazine rings is 1. The third-order valence-electron chi connectivity index (χ3n) is 7.42. The minimum Gasteiger partial charge on any atom is -0.334 e. The van der Waals surface area contributed by atoms with Crippen LogP contribution in [-0.4, -0.2) is 75.5 Å². The number of nitrogens with one attached hydrogen (secondary N) is 2. The SMILES string of the molecule is C=CC(=O)N1C[C@H](C)N(C2NC(=O)N(c3c(C)ccnc3C(C)C)C3NC(=O)C(Cl)CC32)C[C@H]1C. The first-order chi connectivity index (χ1) is 16.5. The van der Waals surface area contributed by atoms with Crippen LogP contribution in [0, 0.1) is 12.8 Å². The third kappa shape index (κ3) is 4.51. The van der Waals surface area contributed by atoms with E-state index in [0.717, 1.165) is 16.9 Å². The number of carbonyl (C=O) groups excluding carboxylic acids is 3. The number of carbonyl (C=O) groups is 3. The van der Waals surface area contributed by atoms with Gasteiger partial charge in [0.1, 0.15) is 11.5 Å². The highest BCUT2D eigenvalue weighted by Crippen LogP contribution is 2.39. The van der Waals surface area contributed by atoms with Crippen LogP contribution < -0.4 is 15.5 Å². The number of pyridine rings is 1. The molecule has 3 saturated heterocycles. The van der Waals surface area contributed by atoms with E-state index in [4.69, 9.17) is 11.6 Å². The molecule has 4 rings (SSSR count). The number of aromatic nitrogens is 1. The Morgan fingerprint density at radius 3 is 2.57 bits per heavy atom. The van der Waals surface area contributed by atoms with Crippen molar-refractivity contribution in [3.63, 3.8) is 0 Å². The molecule has 0 spiro atoms. The van der Waals surface area contributed by atoms with Crippen molar-refractivity contribution in [1.29, 1.82) is 0 Å². The maximum Gasteiger partial charge on any atom is 0.324 e. The maximum absolute atomic E-state index is 13.7. The number of hydrogen-bond donors (Lipinski definition) is 2. The number of nitrogens with zero attached hydrogens (tertiary/aromatic N) is 4. The number of anilines is 1. The fourth-order valence-corrected chi connectivity index (χ4v) is 5.92. The Hall–Kier alpha value is -2.65. The zero-order valence-corrected chi connectivity index (χ0v) is 21.7. The Bertz CT molecular complexity index is 1030. The molecule has 3 fully saturated rings. The van der Waals surface area contributed by atoms with Crippen molar-refractivity contribution in [1.82, 2.24) is 25.4 Å². The van der Waals surface area contributed by atoms with Crippen molar-refractivity contribution in [2.75, 3.05) is 18.0 Å². The number of fused-ring (bicyclic) bond motifs is 1. The van der Waals surface area contributed by atoms with E-state index in [1.165, 1.54) is 6.08 Å². The smallest absolute Gasteiger partial charge is 0.324 e. The molecule has 9 nitrogen and oxygen atoms in total. The number of amides is 4. The summed E-state index contributed by atoms with van der Waals surface area (Å²) in [6, 6.07) is 1.53. The molecule has 35 heavy (non-hydrogen) atoms. The number of piperidine rings is 1. The quantitative estimate of drug-likeness (QED) is 0.487. The molecule has 4 unspecified atom stereocenters. The lowest BCUT2D eigenvalue weighted by atomic mass is 9.86. The molecule has 4 amide bonds. The molecule has 0 bridgehead atoms. The molecule has 1 aromatic rings. The highest BCUT2D eigenvalue weighted by atomic mass is 35.5. The van der Waals surface area contributed by atoms with Crippen LogP contribution in [0.4, 0.5) is 10.5 Å². The van der Waals surface area contributed by atoms with E-state index in [0.29, 0.717) is 19.5 Å². The standard InChI is InChI=1S/C25H35ClN6O3/c1-7-19(33)30-11-16(6)31(12-15(30)5)22-17-10-18(26)24(34)28-23(17)32(25(35)29-22)21-14(4)8-9-27-20(21)13(2)3/h7-9,13,15-18,22-23H,1,10-12H2,2-6H3,(H,28,34)(H,29,35)/t15-,16+,17?,18?,22?,23?/m1/s1. The minimum atomic E-state index is -0.688. The van der Waals surface area contributed by atoms with Crippen LogP contribution in [0.1, 0.15) is 51.3 Å². The first-order valence-electron chi connectivity index (χ1n) is 12.2. The van der Waals surface area contributed by atoms with E-state index in [1.807, 2.05) is 45.6 Å². The Morgan fingerprint density at radius 1 is 1.20 bits per heavy atom. The van der Waals surface area contributed by atoms with Gasteiger partial charge in [-0.05, 0) is 50.8 Å². The molecule has 0 saturated carbocycles. The largest absolute Gasteiger partial charge is 0.334 e. The maximum atomic E-state index is 13.7. The lowest BCUT2D eigenvalue weighted by Crippen LogP contribution is -2.76. The van der Waals surface area contributed by atoms with Crippen LogP contribution in [0.2, 0.25) is 0 Å². The van der Waals surface area contributed by atoms with Gasteiger partial charge in [0.05, 0.1) is 17.5 Å². The summed E-state index contributed by atoms with van der Waals surface area (Å²) in [4.78, 5) is 49.0. The molecule has 2 N–H and O–H groups in total. The molecule has 10 heteroatoms. The van der Waals surface area contributed by atoms with Crippen LogP contribution >= 0.6 is 11.6 Å². The van der Waals surface area contributed by atoms with E-state index in [1.54, 1.807) is 11.1 Å². The van der Waals surface area contributed by atoms with Gasteiger partial charge in [-0.2, -0.15) is 0 Å². The van der Waals surface area contributed by atoms with E-state index in [-0.39, 0.29) is 47.9 Å². The molecule has 0 aromatic carbocycles. The van der Waals surface area contributed by atoms with E-state index >= 15 is 0 Å². The summed E-state index contributed by atoms with van der Waals surface area (Å²) in [5, 5.41) is 5.57. The van der Waals surface area contributed by atoms with E-state index < -0.39 is 11.5 Å². The second-order valence-corrected chi connectivity index (χ2v) is 10.7. The molecule has 0 aliphatic carbocycles. The first kappa shape index (κ1) is 25.4. The summed E-state index contributed by atoms with van der Waals surface area (Å²) in [7, 11) is 0. The van der Waals surface area contributed by atoms with Crippen molar-refractivity contribution in [2.24, 2.45) is 5.92 Å². The predicted molar refractivity (Wildman–Crippen MR) is 135 cm³/mol. The highest BCUT2D eigenvalue weighted by molar-refractivity contribution is 6.31. The van der Waals surface area contributed by atoms with Gasteiger partial charge in [-0.25, -0.2) is 4.79 Å². The first-order valence-corrected chi connectivity index (χ1v) is 12.7. The molecule has 1 aromatic heterocycles. The van der Waals surface area contributed by atoms with Crippen molar-refractivity contribution >= 4 is 35.1 Å². The molecule has 190 valence electrons. The van der Waals surface area contributed by atoms with E-state index in [9.17, 15) is 14.4 Å². The van der Waals surface area contributed by atoms with Crippen LogP contribution in [0.3, 0.4) is 0 Å². The molecular weight excluding hydrogens is 468 g/mol. The highest BCUT2D eigenvalue weighted by Gasteiger charge is 2.52. The van der Waals surface area contributed by atoms with Gasteiger partial charge in [-0.15, -0.1) is 11.6 Å². The lowest BCUT2D eigenvalue weighted by molar-refractivity contribution is -0.135. The van der Waals surface area contributed by atoms with Crippen LogP contribution in [0.5, 0.6) is 0 Å². The van der Waals surface area contributed by atoms with Gasteiger partial charge in [0.2, 0.25) is 11.8 Å². The van der Waals surface area contributed by atoms with Gasteiger partial charge in [-0.3, -0.25) is 24.4 Å². The van der Waals surface area contributed by atoms with Gasteiger partial charge >= 0.3 is 6.03 Å². The predicted octanol–water partition coefficient (Wildman–Crippen LogP) is 2.55. The summed E-state index contributed by atoms with van der Waals surface area (Å²) in [6.07, 6.45) is 2.60. The zero-order chi connectivity index (χ0) is 25.6. The summed E-state index contributed by atoms with van der Waals surface area (Å²) >= 11 is 6.44. The fourth-order valence-electron chi connectivity index (χ4n) is 5.65. The monoisotopic (exact) mass is 502 g/mol. The van der Waals surface area contributed by atoms with Gasteiger partial charge in [0.25, 0.3) is 0 Å². The number of halogens is 1. The second-order valence-electron chi connectivity index (χ2n) is 10.2. The van der Waals surface area contributed by atoms with Crippen molar-refractivity contribution in [3.8, 4) is 0 Å². The number of aryl methyl sites for hydroxylation is 1. The average Bonchev–Trinajstić information content (AvgIpc) is 2.81. The molecular formula is C25H35ClN6O3. The van der Waals surface area contributed by atoms with Gasteiger partial charge < -0.3 is 15.5 Å². The Balaban J connectivity index is 1.71. The Kier molecular flexibility index (Phi) is 7.11. The number of alkyl halides is 1. The Morgan fingerprint density at radius 2 is 1.91 bits per heavy atom. The zero-order valence-electron chi connectivity index (χ0n) is 21.0. The molecule has 3 aliphatic rings. The topological polar surface area (TPSA) is 97.9 Å². The van der Waals surface area contributed by atoms with Crippen LogP contribution in [0.15, 0.2) is 24.9 Å². The average molecular weight is 503 g/mol. The lowest BCUT2D eigenvalue weighted by Gasteiger charge is -2.55. The van der Waals surface area contributed by atoms with Crippen molar-refractivity contribution < 1.29 is 14.4 Å². The molecule has 0 radical (unpaired) electrons. The minimum absolute atomic E-state index is 0.00893. The summed E-state index contributed by atoms with van der Waals surface area (Å²) < 4.78 is 0. The molecule has 6 atom stereocenters.